The molecule has 5 aromatic rings. The summed E-state index contributed by atoms with van der Waals surface area (Å²) in [7, 11) is 0. The largest absolute Gasteiger partial charge is 0.508 e. The Bertz CT molecular complexity index is 3140. The molecule has 6 saturated heterocycles. The molecule has 2 bridgehead atoms. The quantitative estimate of drug-likeness (QED) is 0.0856. The van der Waals surface area contributed by atoms with Crippen LogP contribution in [0.4, 0.5) is 24.7 Å². The zero-order chi connectivity index (χ0) is 52.4. The number of ether oxygens (including phenoxy) is 1. The van der Waals surface area contributed by atoms with Crippen LogP contribution in [0.5, 0.6) is 11.8 Å². The number of imide groups is 1. The number of hydrogen-bond acceptors (Lipinski definition) is 13. The summed E-state index contributed by atoms with van der Waals surface area (Å²) in [5.41, 5.74) is 1.19. The van der Waals surface area contributed by atoms with Crippen LogP contribution in [0.15, 0.2) is 42.6 Å². The smallest absolute Gasteiger partial charge is 0.319 e. The molecule has 3 unspecified atom stereocenters. The molecule has 4 atom stereocenters. The summed E-state index contributed by atoms with van der Waals surface area (Å²) >= 11 is 0. The molecule has 0 radical (unpaired) electrons. The minimum atomic E-state index is -0.772. The van der Waals surface area contributed by atoms with Crippen molar-refractivity contribution < 1.29 is 37.4 Å². The van der Waals surface area contributed by atoms with E-state index in [2.05, 4.69) is 53.0 Å². The third-order valence-electron chi connectivity index (χ3n) is 17.8. The Morgan fingerprint density at radius 1 is 0.829 bits per heavy atom. The molecule has 18 heteroatoms. The van der Waals surface area contributed by atoms with E-state index < -0.39 is 23.6 Å². The third-order valence-corrected chi connectivity index (χ3v) is 17.8. The molecule has 9 heterocycles. The number of phenolic OH excluding ortho intramolecular Hbond substituents is 1. The van der Waals surface area contributed by atoms with Crippen LogP contribution in [0.1, 0.15) is 99.0 Å². The lowest BCUT2D eigenvalue weighted by Crippen LogP contribution is -2.52. The first-order valence-corrected chi connectivity index (χ1v) is 27.4. The molecule has 7 aliphatic heterocycles. The van der Waals surface area contributed by atoms with E-state index in [1.165, 1.54) is 48.4 Å². The number of carbonyl (C=O) groups is 3. The number of anilines is 2. The van der Waals surface area contributed by atoms with E-state index in [4.69, 9.17) is 16.1 Å². The maximum atomic E-state index is 17.1. The molecule has 0 aliphatic carbocycles. The van der Waals surface area contributed by atoms with Gasteiger partial charge in [-0.2, -0.15) is 9.97 Å². The number of rotatable bonds is 12. The first-order chi connectivity index (χ1) is 36.8. The van der Waals surface area contributed by atoms with Crippen LogP contribution in [0.2, 0.25) is 0 Å². The zero-order valence-electron chi connectivity index (χ0n) is 43.0. The van der Waals surface area contributed by atoms with E-state index in [-0.39, 0.29) is 82.5 Å². The molecule has 2 aromatic heterocycles. The summed E-state index contributed by atoms with van der Waals surface area (Å²) in [4.78, 5) is 62.4. The summed E-state index contributed by atoms with van der Waals surface area (Å²) in [5.74, 6) is 1.80. The van der Waals surface area contributed by atoms with Gasteiger partial charge in [-0.1, -0.05) is 12.0 Å². The van der Waals surface area contributed by atoms with Crippen LogP contribution in [0, 0.1) is 47.5 Å². The van der Waals surface area contributed by atoms with Gasteiger partial charge >= 0.3 is 6.01 Å². The van der Waals surface area contributed by atoms with Crippen molar-refractivity contribution in [2.45, 2.75) is 108 Å². The van der Waals surface area contributed by atoms with Gasteiger partial charge in [-0.3, -0.25) is 29.6 Å². The Labute approximate surface area is 440 Å². The number of likely N-dealkylation sites (tertiary alicyclic amines) is 2. The van der Waals surface area contributed by atoms with Gasteiger partial charge in [-0.15, -0.1) is 6.42 Å². The molecular weight excluding hydrogens is 974 g/mol. The molecule has 3 N–H and O–H groups in total. The highest BCUT2D eigenvalue weighted by Crippen LogP contribution is 2.41. The van der Waals surface area contributed by atoms with Gasteiger partial charge in [0, 0.05) is 85.5 Å². The predicted molar refractivity (Wildman–Crippen MR) is 282 cm³/mol. The maximum Gasteiger partial charge on any atom is 0.319 e. The fourth-order valence-electron chi connectivity index (χ4n) is 13.6. The topological polar surface area (TPSA) is 160 Å². The zero-order valence-corrected chi connectivity index (χ0v) is 43.0. The number of fused-ring (bicyclic) bond motifs is 5. The van der Waals surface area contributed by atoms with Gasteiger partial charge in [0.15, 0.2) is 11.6 Å². The van der Waals surface area contributed by atoms with Crippen molar-refractivity contribution in [1.29, 1.82) is 0 Å². The normalized spacial score (nSPS) is 23.6. The lowest BCUT2D eigenvalue weighted by atomic mass is 9.82. The number of hydrogen-bond donors (Lipinski definition) is 3. The molecule has 15 nitrogen and oxygen atoms in total. The molecular formula is C58H65F3N10O5. The molecule has 3 aromatic carbocycles. The Kier molecular flexibility index (Phi) is 13.7. The van der Waals surface area contributed by atoms with Crippen LogP contribution >= 0.6 is 0 Å². The van der Waals surface area contributed by atoms with Gasteiger partial charge in [0.1, 0.15) is 41.2 Å². The summed E-state index contributed by atoms with van der Waals surface area (Å²) in [5, 5.41) is 17.8. The molecule has 12 rings (SSSR count). The molecule has 398 valence electrons. The van der Waals surface area contributed by atoms with Gasteiger partial charge in [0.25, 0.3) is 5.91 Å². The van der Waals surface area contributed by atoms with Gasteiger partial charge in [0.2, 0.25) is 11.8 Å². The molecule has 7 aliphatic rings. The highest BCUT2D eigenvalue weighted by atomic mass is 19.1. The number of piperidine rings is 4. The molecule has 76 heavy (non-hydrogen) atoms. The van der Waals surface area contributed by atoms with Gasteiger partial charge in [-0.05, 0) is 151 Å². The number of benzene rings is 3. The minimum absolute atomic E-state index is 0.0287. The molecule has 0 saturated carbocycles. The highest BCUT2D eigenvalue weighted by Gasteiger charge is 2.42. The van der Waals surface area contributed by atoms with Crippen molar-refractivity contribution in [3.05, 3.63) is 76.7 Å². The first kappa shape index (κ1) is 50.3. The fourth-order valence-corrected chi connectivity index (χ4v) is 13.6. The van der Waals surface area contributed by atoms with Crippen LogP contribution in [-0.2, 0) is 16.1 Å². The second kappa shape index (κ2) is 20.8. The number of carbonyl (C=O) groups excluding carboxylic acids is 3. The summed E-state index contributed by atoms with van der Waals surface area (Å²) in [6.07, 6.45) is 17.7. The number of nitrogens with one attached hydrogen (secondary N) is 2. The average molecular weight is 1040 g/mol. The second-order valence-electron chi connectivity index (χ2n) is 22.6. The number of halogens is 3. The van der Waals surface area contributed by atoms with Crippen LogP contribution < -0.4 is 25.2 Å². The van der Waals surface area contributed by atoms with E-state index in [0.29, 0.717) is 82.9 Å². The first-order valence-electron chi connectivity index (χ1n) is 27.4. The van der Waals surface area contributed by atoms with E-state index in [0.717, 1.165) is 84.3 Å². The van der Waals surface area contributed by atoms with Crippen LogP contribution in [0.3, 0.4) is 0 Å². The Morgan fingerprint density at radius 2 is 1.55 bits per heavy atom. The van der Waals surface area contributed by atoms with Gasteiger partial charge in [0.05, 0.1) is 23.2 Å². The summed E-state index contributed by atoms with van der Waals surface area (Å²) < 4.78 is 54.6. The lowest BCUT2D eigenvalue weighted by Gasteiger charge is -2.40. The van der Waals surface area contributed by atoms with E-state index in [1.807, 2.05) is 0 Å². The third kappa shape index (κ3) is 9.68. The summed E-state index contributed by atoms with van der Waals surface area (Å²) in [6, 6.07) is 8.91. The van der Waals surface area contributed by atoms with Crippen LogP contribution in [-0.4, -0.2) is 142 Å². The number of piperazine rings is 1. The minimum Gasteiger partial charge on any atom is -0.508 e. The number of amides is 3. The predicted octanol–water partition coefficient (Wildman–Crippen LogP) is 7.15. The van der Waals surface area contributed by atoms with Crippen molar-refractivity contribution in [2.24, 2.45) is 17.8 Å². The number of pyridine rings is 1. The Morgan fingerprint density at radius 3 is 2.28 bits per heavy atom. The standard InChI is InChI=1S/C58H65F3N10O5/c1-3-41-46(59)8-4-37-25-40(72)26-43(50(37)41)53-52(61)54-44(27-62-53)55(70-29-38-5-6-39(30-70)63-38)66-58(65-54)76-32-33(2)68-20-14-35(15-21-68)24-34-12-18-67(19-13-34)28-36-16-22-69(23-17-36)47-9-7-42-45(51(47)60)31-71(57(42)75)48-10-11-49(73)64-56(48)74/h1,4,7-9,25-27,33-36,38-39,48,63,72H,5-6,10-24,28-32H2,2H3,(H,64,73,74)/t33-,38?,39?,48?/m1/s1. The number of phenols is 1. The number of terminal acetylenes is 1. The van der Waals surface area contributed by atoms with E-state index in [1.54, 1.807) is 18.3 Å². The second-order valence-corrected chi connectivity index (χ2v) is 22.6. The van der Waals surface area contributed by atoms with Crippen molar-refractivity contribution in [3.8, 4) is 35.4 Å². The molecule has 6 fully saturated rings. The number of aromatic hydroxyl groups is 1. The average Bonchev–Trinajstić information content (AvgIpc) is 4.00. The van der Waals surface area contributed by atoms with Crippen molar-refractivity contribution in [3.63, 3.8) is 0 Å². The molecule has 0 spiro atoms. The molecule has 3 amide bonds. The monoisotopic (exact) mass is 1040 g/mol. The van der Waals surface area contributed by atoms with Gasteiger partial charge in [-0.25, -0.2) is 13.2 Å². The fraction of sp³-hybridized carbons (Fsp3) is 0.517. The SMILES string of the molecule is C#Cc1c(F)ccc2cc(O)cc(-c3ncc4c(N5CC6CCC(C5)N6)nc(OC[C@@H](C)N5CCC(CC6CCN(CC7CCN(c8ccc9c(c8F)CN(C8CCC(=O)NC8=O)C9=O)CC7)CC6)CC5)nc4c3F)c12. The Balaban J connectivity index is 0.629. The maximum absolute atomic E-state index is 17.1. The van der Waals surface area contributed by atoms with Crippen molar-refractivity contribution in [1.82, 2.24) is 40.3 Å². The highest BCUT2D eigenvalue weighted by molar-refractivity contribution is 6.06. The van der Waals surface area contributed by atoms with E-state index >= 15 is 13.2 Å². The van der Waals surface area contributed by atoms with E-state index in [9.17, 15) is 19.5 Å². The van der Waals surface area contributed by atoms with Crippen LogP contribution in [0.25, 0.3) is 32.9 Å². The number of nitrogens with zero attached hydrogens (tertiary/aromatic N) is 8. The van der Waals surface area contributed by atoms with Gasteiger partial charge < -0.3 is 34.8 Å². The van der Waals surface area contributed by atoms with Crippen molar-refractivity contribution in [2.75, 3.05) is 75.3 Å². The Hall–Kier alpha value is -6.55. The lowest BCUT2D eigenvalue weighted by molar-refractivity contribution is -0.136. The number of aromatic nitrogens is 3. The van der Waals surface area contributed by atoms with Crippen molar-refractivity contribution >= 4 is 50.9 Å². The summed E-state index contributed by atoms with van der Waals surface area (Å²) in [6.45, 7) is 10.6.